The van der Waals surface area contributed by atoms with Gasteiger partial charge in [-0.2, -0.15) is 0 Å². The third kappa shape index (κ3) is 1.40. The zero-order valence-corrected chi connectivity index (χ0v) is 6.40. The lowest BCUT2D eigenvalue weighted by Gasteiger charge is -2.08. The molecule has 2 nitrogen and oxygen atoms in total. The molecule has 1 saturated carbocycles. The van der Waals surface area contributed by atoms with Gasteiger partial charge in [-0.25, -0.2) is 0 Å². The largest absolute Gasteiger partial charge is 0.324 e. The first-order valence-electron chi connectivity index (χ1n) is 4.03. The number of hydrogen-bond acceptors (Lipinski definition) is 2. The van der Waals surface area contributed by atoms with E-state index in [2.05, 4.69) is 4.98 Å². The number of rotatable bonds is 2. The molecule has 0 bridgehead atoms. The number of pyridine rings is 1. The quantitative estimate of drug-likeness (QED) is 0.690. The number of aromatic nitrogens is 1. The van der Waals surface area contributed by atoms with E-state index >= 15 is 0 Å². The van der Waals surface area contributed by atoms with Gasteiger partial charge in [-0.15, -0.1) is 0 Å². The van der Waals surface area contributed by atoms with E-state index in [0.29, 0.717) is 0 Å². The molecule has 2 N–H and O–H groups in total. The highest BCUT2D eigenvalue weighted by atomic mass is 14.7. The Balaban J connectivity index is 2.15. The lowest BCUT2D eigenvalue weighted by atomic mass is 10.1. The van der Waals surface area contributed by atoms with Gasteiger partial charge in [-0.05, 0) is 36.5 Å². The van der Waals surface area contributed by atoms with Crippen LogP contribution in [0.1, 0.15) is 24.4 Å². The van der Waals surface area contributed by atoms with Crippen LogP contribution in [0.25, 0.3) is 0 Å². The summed E-state index contributed by atoms with van der Waals surface area (Å²) in [6.45, 7) is 0. The van der Waals surface area contributed by atoms with Crippen LogP contribution in [-0.4, -0.2) is 4.98 Å². The molecular formula is C9H12N2. The van der Waals surface area contributed by atoms with E-state index in [1.807, 2.05) is 12.1 Å². The Hall–Kier alpha value is -0.890. The molecule has 0 radical (unpaired) electrons. The van der Waals surface area contributed by atoms with Crippen LogP contribution in [0.15, 0.2) is 24.5 Å². The summed E-state index contributed by atoms with van der Waals surface area (Å²) in [6, 6.07) is 4.25. The lowest BCUT2D eigenvalue weighted by molar-refractivity contribution is 0.632. The van der Waals surface area contributed by atoms with Crippen LogP contribution in [0, 0.1) is 5.92 Å². The van der Waals surface area contributed by atoms with Crippen molar-refractivity contribution in [3.63, 3.8) is 0 Å². The smallest absolute Gasteiger partial charge is 0.0324 e. The van der Waals surface area contributed by atoms with Crippen molar-refractivity contribution in [2.75, 3.05) is 0 Å². The summed E-state index contributed by atoms with van der Waals surface area (Å²) < 4.78 is 0. The minimum absolute atomic E-state index is 0.248. The second-order valence-corrected chi connectivity index (χ2v) is 3.14. The van der Waals surface area contributed by atoms with Crippen LogP contribution >= 0.6 is 0 Å². The maximum Gasteiger partial charge on any atom is 0.0324 e. The number of hydrogen-bond donors (Lipinski definition) is 1. The van der Waals surface area contributed by atoms with Crippen LogP contribution in [0.5, 0.6) is 0 Å². The Kier molecular flexibility index (Phi) is 1.62. The highest BCUT2D eigenvalue weighted by molar-refractivity contribution is 5.16. The number of nitrogens with two attached hydrogens (primary N) is 1. The minimum Gasteiger partial charge on any atom is -0.324 e. The van der Waals surface area contributed by atoms with E-state index in [0.717, 1.165) is 5.92 Å². The third-order valence-electron chi connectivity index (χ3n) is 2.22. The maximum atomic E-state index is 5.97. The molecule has 1 fully saturated rings. The van der Waals surface area contributed by atoms with E-state index in [9.17, 15) is 0 Å². The Bertz CT molecular complexity index is 229. The third-order valence-corrected chi connectivity index (χ3v) is 2.22. The fourth-order valence-electron chi connectivity index (χ4n) is 1.31. The van der Waals surface area contributed by atoms with Crippen molar-refractivity contribution in [1.82, 2.24) is 4.98 Å². The zero-order valence-electron chi connectivity index (χ0n) is 6.40. The van der Waals surface area contributed by atoms with E-state index in [1.54, 1.807) is 12.4 Å². The second-order valence-electron chi connectivity index (χ2n) is 3.14. The molecule has 1 atom stereocenters. The zero-order chi connectivity index (χ0) is 7.68. The van der Waals surface area contributed by atoms with E-state index < -0.39 is 0 Å². The normalized spacial score (nSPS) is 19.7. The van der Waals surface area contributed by atoms with Gasteiger partial charge in [-0.3, -0.25) is 4.98 Å². The van der Waals surface area contributed by atoms with Gasteiger partial charge >= 0.3 is 0 Å². The Morgan fingerprint density at radius 1 is 1.36 bits per heavy atom. The molecule has 1 unspecified atom stereocenters. The van der Waals surface area contributed by atoms with Crippen LogP contribution in [0.2, 0.25) is 0 Å². The second kappa shape index (κ2) is 2.62. The Morgan fingerprint density at radius 3 is 2.55 bits per heavy atom. The van der Waals surface area contributed by atoms with Gasteiger partial charge in [0.05, 0.1) is 0 Å². The first kappa shape index (κ1) is 6.80. The van der Waals surface area contributed by atoms with Crippen molar-refractivity contribution in [2.45, 2.75) is 18.9 Å². The minimum atomic E-state index is 0.248. The van der Waals surface area contributed by atoms with Gasteiger partial charge in [0.1, 0.15) is 0 Å². The van der Waals surface area contributed by atoms with Crippen molar-refractivity contribution in [1.29, 1.82) is 0 Å². The molecule has 0 aliphatic heterocycles. The summed E-state index contributed by atoms with van der Waals surface area (Å²) in [5.41, 5.74) is 7.20. The van der Waals surface area contributed by atoms with E-state index in [1.165, 1.54) is 18.4 Å². The summed E-state index contributed by atoms with van der Waals surface area (Å²) >= 11 is 0. The lowest BCUT2D eigenvalue weighted by Crippen LogP contribution is -2.11. The molecule has 58 valence electrons. The molecule has 1 aliphatic rings. The summed E-state index contributed by atoms with van der Waals surface area (Å²) in [5.74, 6) is 0.734. The highest BCUT2D eigenvalue weighted by Crippen LogP contribution is 2.38. The first-order chi connectivity index (χ1) is 5.38. The van der Waals surface area contributed by atoms with Crippen molar-refractivity contribution in [3.8, 4) is 0 Å². The Morgan fingerprint density at radius 2 is 2.00 bits per heavy atom. The summed E-state index contributed by atoms with van der Waals surface area (Å²) in [5, 5.41) is 0. The molecule has 1 heterocycles. The summed E-state index contributed by atoms with van der Waals surface area (Å²) in [4.78, 5) is 3.95. The molecule has 11 heavy (non-hydrogen) atoms. The first-order valence-corrected chi connectivity index (χ1v) is 4.03. The van der Waals surface area contributed by atoms with Crippen LogP contribution in [-0.2, 0) is 0 Å². The van der Waals surface area contributed by atoms with Crippen LogP contribution in [0.4, 0.5) is 0 Å². The molecule has 2 rings (SSSR count). The maximum absolute atomic E-state index is 5.97. The van der Waals surface area contributed by atoms with Gasteiger partial charge in [0.25, 0.3) is 0 Å². The van der Waals surface area contributed by atoms with Crippen LogP contribution < -0.4 is 5.73 Å². The molecule has 0 aromatic carbocycles. The predicted molar refractivity (Wildman–Crippen MR) is 43.9 cm³/mol. The van der Waals surface area contributed by atoms with Crippen molar-refractivity contribution in [3.05, 3.63) is 30.1 Å². The van der Waals surface area contributed by atoms with Gasteiger partial charge in [0, 0.05) is 18.4 Å². The standard InChI is InChI=1S/C9H12N2/c10-9(7-1-2-7)8-3-5-11-6-4-8/h3-7,9H,1-2,10H2. The van der Waals surface area contributed by atoms with Gasteiger partial charge in [-0.1, -0.05) is 0 Å². The molecule has 2 heteroatoms. The predicted octanol–water partition coefficient (Wildman–Crippen LogP) is 1.49. The fourth-order valence-corrected chi connectivity index (χ4v) is 1.31. The van der Waals surface area contributed by atoms with Crippen molar-refractivity contribution < 1.29 is 0 Å². The van der Waals surface area contributed by atoms with E-state index in [-0.39, 0.29) is 6.04 Å². The highest BCUT2D eigenvalue weighted by Gasteiger charge is 2.29. The monoisotopic (exact) mass is 148 g/mol. The molecular weight excluding hydrogens is 136 g/mol. The van der Waals surface area contributed by atoms with E-state index in [4.69, 9.17) is 5.73 Å². The molecule has 0 saturated heterocycles. The van der Waals surface area contributed by atoms with Crippen LogP contribution in [0.3, 0.4) is 0 Å². The summed E-state index contributed by atoms with van der Waals surface area (Å²) in [7, 11) is 0. The molecule has 1 aromatic rings. The SMILES string of the molecule is NC(c1ccncc1)C1CC1. The molecule has 1 aromatic heterocycles. The topological polar surface area (TPSA) is 38.9 Å². The van der Waals surface area contributed by atoms with Crippen molar-refractivity contribution in [2.24, 2.45) is 11.7 Å². The average Bonchev–Trinajstić information content (AvgIpc) is 2.87. The van der Waals surface area contributed by atoms with Crippen molar-refractivity contribution >= 4 is 0 Å². The molecule has 1 aliphatic carbocycles. The van der Waals surface area contributed by atoms with Gasteiger partial charge in [0.2, 0.25) is 0 Å². The summed E-state index contributed by atoms with van der Waals surface area (Å²) in [6.07, 6.45) is 6.20. The van der Waals surface area contributed by atoms with Gasteiger partial charge in [0.15, 0.2) is 0 Å². The molecule has 0 amide bonds. The fraction of sp³-hybridized carbons (Fsp3) is 0.444. The Labute approximate surface area is 66.4 Å². The molecule has 0 spiro atoms. The van der Waals surface area contributed by atoms with Gasteiger partial charge < -0.3 is 5.73 Å². The number of nitrogens with zero attached hydrogens (tertiary/aromatic N) is 1. The average molecular weight is 148 g/mol.